The third kappa shape index (κ3) is 6.03. The molecule has 0 aliphatic carbocycles. The van der Waals surface area contributed by atoms with Crippen LogP contribution in [-0.2, 0) is 22.6 Å². The molecule has 0 saturated carbocycles. The van der Waals surface area contributed by atoms with E-state index in [1.165, 1.54) is 0 Å². The molecule has 3 aromatic carbocycles. The van der Waals surface area contributed by atoms with Crippen LogP contribution in [0.5, 0.6) is 11.5 Å². The summed E-state index contributed by atoms with van der Waals surface area (Å²) in [5, 5.41) is 0.679. The van der Waals surface area contributed by atoms with E-state index >= 15 is 0 Å². The van der Waals surface area contributed by atoms with Crippen molar-refractivity contribution >= 4 is 29.4 Å². The topological polar surface area (TPSA) is 44.8 Å². The van der Waals surface area contributed by atoms with Crippen LogP contribution in [0, 0.1) is 6.92 Å². The Morgan fingerprint density at radius 1 is 1.03 bits per heavy atom. The van der Waals surface area contributed by atoms with Gasteiger partial charge in [-0.25, -0.2) is 4.79 Å². The number of ether oxygens (including phenoxy) is 3. The third-order valence-electron chi connectivity index (χ3n) is 5.50. The van der Waals surface area contributed by atoms with Crippen LogP contribution in [0.4, 0.5) is 0 Å². The van der Waals surface area contributed by atoms with Crippen LogP contribution in [0.3, 0.4) is 0 Å². The predicted molar refractivity (Wildman–Crippen MR) is 141 cm³/mol. The standard InChI is InChI=1S/C30H27ClO4/c1-4-6-24-15-22(16-25-18-27(35-30(25)32)23-11-7-20(3)8-12-23)17-28(33-5-2)29(24)34-19-21-9-13-26(31)14-10-21/h4,7-18H,1,5-6,19H2,2-3H3/b25-16+. The van der Waals surface area contributed by atoms with Crippen LogP contribution in [0.1, 0.15) is 34.7 Å². The van der Waals surface area contributed by atoms with Crippen molar-refractivity contribution in [2.75, 3.05) is 6.61 Å². The molecule has 4 rings (SSSR count). The first-order chi connectivity index (χ1) is 17.0. The predicted octanol–water partition coefficient (Wildman–Crippen LogP) is 7.34. The molecule has 1 aliphatic rings. The Hall–Kier alpha value is -3.76. The number of halogens is 1. The molecule has 35 heavy (non-hydrogen) atoms. The van der Waals surface area contributed by atoms with E-state index in [1.54, 1.807) is 6.08 Å². The van der Waals surface area contributed by atoms with Gasteiger partial charge in [-0.3, -0.25) is 0 Å². The van der Waals surface area contributed by atoms with Gasteiger partial charge in [-0.2, -0.15) is 0 Å². The first-order valence-corrected chi connectivity index (χ1v) is 11.8. The van der Waals surface area contributed by atoms with Crippen molar-refractivity contribution in [2.45, 2.75) is 26.9 Å². The maximum Gasteiger partial charge on any atom is 0.343 e. The van der Waals surface area contributed by atoms with Crippen LogP contribution in [-0.4, -0.2) is 12.6 Å². The Bertz CT molecular complexity index is 1290. The molecule has 5 heteroatoms. The zero-order valence-electron chi connectivity index (χ0n) is 19.8. The number of hydrogen-bond donors (Lipinski definition) is 0. The second-order valence-corrected chi connectivity index (χ2v) is 8.65. The lowest BCUT2D eigenvalue weighted by Gasteiger charge is -2.17. The lowest BCUT2D eigenvalue weighted by atomic mass is 10.0. The summed E-state index contributed by atoms with van der Waals surface area (Å²) in [4.78, 5) is 12.6. The minimum atomic E-state index is -0.383. The van der Waals surface area contributed by atoms with E-state index in [9.17, 15) is 4.79 Å². The van der Waals surface area contributed by atoms with E-state index < -0.39 is 0 Å². The highest BCUT2D eigenvalue weighted by Crippen LogP contribution is 2.36. The highest BCUT2D eigenvalue weighted by molar-refractivity contribution is 6.30. The summed E-state index contributed by atoms with van der Waals surface area (Å²) >= 11 is 5.99. The molecule has 0 fully saturated rings. The zero-order valence-corrected chi connectivity index (χ0v) is 20.6. The molecule has 1 heterocycles. The average Bonchev–Trinajstić information content (AvgIpc) is 3.20. The number of esters is 1. The van der Waals surface area contributed by atoms with Gasteiger partial charge in [0.1, 0.15) is 12.4 Å². The number of rotatable bonds is 9. The molecule has 1 aliphatic heterocycles. The van der Waals surface area contributed by atoms with Crippen LogP contribution in [0.15, 0.2) is 85.0 Å². The van der Waals surface area contributed by atoms with Crippen molar-refractivity contribution in [1.82, 2.24) is 0 Å². The van der Waals surface area contributed by atoms with Crippen molar-refractivity contribution in [3.8, 4) is 11.5 Å². The van der Waals surface area contributed by atoms with Crippen LogP contribution >= 0.6 is 11.6 Å². The van der Waals surface area contributed by atoms with Gasteiger partial charge < -0.3 is 14.2 Å². The Morgan fingerprint density at radius 3 is 2.46 bits per heavy atom. The number of carbonyl (C=O) groups is 1. The number of benzene rings is 3. The Balaban J connectivity index is 1.66. The molecule has 0 unspecified atom stereocenters. The van der Waals surface area contributed by atoms with E-state index in [0.29, 0.717) is 47.5 Å². The SMILES string of the molecule is C=CCc1cc(/C=C2\C=C(c3ccc(C)cc3)OC2=O)cc(OCC)c1OCc1ccc(Cl)cc1. The van der Waals surface area contributed by atoms with E-state index in [1.807, 2.05) is 86.7 Å². The molecule has 3 aromatic rings. The molecular weight excluding hydrogens is 460 g/mol. The summed E-state index contributed by atoms with van der Waals surface area (Å²) in [5.41, 5.74) is 5.21. The van der Waals surface area contributed by atoms with Gasteiger partial charge in [-0.1, -0.05) is 59.6 Å². The van der Waals surface area contributed by atoms with Gasteiger partial charge in [0.15, 0.2) is 11.5 Å². The molecule has 0 saturated heterocycles. The molecule has 0 bridgehead atoms. The normalized spacial score (nSPS) is 14.0. The first-order valence-electron chi connectivity index (χ1n) is 11.5. The Kier molecular flexibility index (Phi) is 7.74. The molecule has 0 radical (unpaired) electrons. The molecule has 0 atom stereocenters. The monoisotopic (exact) mass is 486 g/mol. The second-order valence-electron chi connectivity index (χ2n) is 8.21. The molecule has 0 amide bonds. The van der Waals surface area contributed by atoms with Crippen LogP contribution < -0.4 is 9.47 Å². The van der Waals surface area contributed by atoms with E-state index in [4.69, 9.17) is 25.8 Å². The van der Waals surface area contributed by atoms with Crippen molar-refractivity contribution in [3.05, 3.63) is 118 Å². The summed E-state index contributed by atoms with van der Waals surface area (Å²) in [7, 11) is 0. The van der Waals surface area contributed by atoms with Gasteiger partial charge in [0.05, 0.1) is 12.2 Å². The highest BCUT2D eigenvalue weighted by Gasteiger charge is 2.22. The van der Waals surface area contributed by atoms with Gasteiger partial charge in [-0.15, -0.1) is 6.58 Å². The van der Waals surface area contributed by atoms with Crippen molar-refractivity contribution in [1.29, 1.82) is 0 Å². The average molecular weight is 487 g/mol. The summed E-state index contributed by atoms with van der Waals surface area (Å²) in [6.45, 7) is 8.67. The van der Waals surface area contributed by atoms with Gasteiger partial charge in [0.25, 0.3) is 0 Å². The first kappa shape index (κ1) is 24.4. The Labute approximate surface area is 211 Å². The van der Waals surface area contributed by atoms with Crippen LogP contribution in [0.25, 0.3) is 11.8 Å². The fourth-order valence-electron chi connectivity index (χ4n) is 3.77. The second kappa shape index (κ2) is 11.1. The largest absolute Gasteiger partial charge is 0.490 e. The smallest absolute Gasteiger partial charge is 0.343 e. The highest BCUT2D eigenvalue weighted by atomic mass is 35.5. The number of hydrogen-bond acceptors (Lipinski definition) is 4. The summed E-state index contributed by atoms with van der Waals surface area (Å²) in [6.07, 6.45) is 5.98. The molecular formula is C30H27ClO4. The molecule has 178 valence electrons. The molecule has 4 nitrogen and oxygen atoms in total. The zero-order chi connectivity index (χ0) is 24.8. The minimum Gasteiger partial charge on any atom is -0.490 e. The Morgan fingerprint density at radius 2 is 1.77 bits per heavy atom. The fraction of sp³-hybridized carbons (Fsp3) is 0.167. The quantitative estimate of drug-likeness (QED) is 0.180. The van der Waals surface area contributed by atoms with Crippen molar-refractivity contribution < 1.29 is 19.0 Å². The molecule has 0 spiro atoms. The third-order valence-corrected chi connectivity index (χ3v) is 5.75. The minimum absolute atomic E-state index is 0.372. The maximum atomic E-state index is 12.6. The van der Waals surface area contributed by atoms with E-state index in [-0.39, 0.29) is 5.97 Å². The lowest BCUT2D eigenvalue weighted by Crippen LogP contribution is -2.03. The van der Waals surface area contributed by atoms with Gasteiger partial charge >= 0.3 is 5.97 Å². The van der Waals surface area contributed by atoms with Crippen molar-refractivity contribution in [2.24, 2.45) is 0 Å². The van der Waals surface area contributed by atoms with Crippen LogP contribution in [0.2, 0.25) is 5.02 Å². The number of cyclic esters (lactones) is 1. The van der Waals surface area contributed by atoms with Gasteiger partial charge in [0, 0.05) is 16.1 Å². The van der Waals surface area contributed by atoms with E-state index in [0.717, 1.165) is 27.8 Å². The summed E-state index contributed by atoms with van der Waals surface area (Å²) in [6, 6.07) is 19.3. The summed E-state index contributed by atoms with van der Waals surface area (Å²) in [5.74, 6) is 1.43. The molecule has 0 N–H and O–H groups in total. The number of aryl methyl sites for hydroxylation is 1. The van der Waals surface area contributed by atoms with E-state index in [2.05, 4.69) is 6.58 Å². The molecule has 0 aromatic heterocycles. The van der Waals surface area contributed by atoms with Gasteiger partial charge in [-0.05, 0) is 67.8 Å². The number of allylic oxidation sites excluding steroid dienone is 1. The fourth-order valence-corrected chi connectivity index (χ4v) is 3.89. The van der Waals surface area contributed by atoms with Gasteiger partial charge in [0.2, 0.25) is 0 Å². The lowest BCUT2D eigenvalue weighted by molar-refractivity contribution is -0.130. The maximum absolute atomic E-state index is 12.6. The number of carbonyl (C=O) groups excluding carboxylic acids is 1. The van der Waals surface area contributed by atoms with Crippen molar-refractivity contribution in [3.63, 3.8) is 0 Å². The summed E-state index contributed by atoms with van der Waals surface area (Å²) < 4.78 is 17.6.